The minimum absolute atomic E-state index is 0.0950. The molecule has 25 heavy (non-hydrogen) atoms. The molecule has 1 saturated heterocycles. The minimum atomic E-state index is -0.540. The van der Waals surface area contributed by atoms with E-state index in [1.165, 1.54) is 19.2 Å². The van der Waals surface area contributed by atoms with Gasteiger partial charge in [0.15, 0.2) is 11.5 Å². The molecule has 0 unspecified atom stereocenters. The molecule has 0 spiro atoms. The van der Waals surface area contributed by atoms with Crippen LogP contribution in [0.25, 0.3) is 0 Å². The van der Waals surface area contributed by atoms with Crippen LogP contribution in [-0.4, -0.2) is 25.5 Å². The first-order chi connectivity index (χ1) is 12.1. The number of carbonyl (C=O) groups excluding carboxylic acids is 2. The van der Waals surface area contributed by atoms with Gasteiger partial charge in [-0.3, -0.25) is 4.79 Å². The van der Waals surface area contributed by atoms with Crippen molar-refractivity contribution < 1.29 is 19.1 Å². The highest BCUT2D eigenvalue weighted by Gasteiger charge is 2.22. The van der Waals surface area contributed by atoms with Gasteiger partial charge in [0.25, 0.3) is 0 Å². The van der Waals surface area contributed by atoms with Gasteiger partial charge in [-0.1, -0.05) is 0 Å². The molecule has 0 aromatic heterocycles. The van der Waals surface area contributed by atoms with Crippen LogP contribution in [0.2, 0.25) is 0 Å². The van der Waals surface area contributed by atoms with Gasteiger partial charge in [-0.15, -0.1) is 0 Å². The van der Waals surface area contributed by atoms with E-state index in [-0.39, 0.29) is 11.7 Å². The van der Waals surface area contributed by atoms with Gasteiger partial charge in [-0.2, -0.15) is 5.26 Å². The highest BCUT2D eigenvalue weighted by molar-refractivity contribution is 5.96. The zero-order valence-corrected chi connectivity index (χ0v) is 13.7. The summed E-state index contributed by atoms with van der Waals surface area (Å²) in [5.74, 6) is 0.108. The summed E-state index contributed by atoms with van der Waals surface area (Å²) in [5.41, 5.74) is 1.55. The average molecular weight is 336 g/mol. The van der Waals surface area contributed by atoms with Gasteiger partial charge in [0.2, 0.25) is 5.91 Å². The fourth-order valence-electron chi connectivity index (χ4n) is 2.68. The maximum Gasteiger partial charge on any atom is 0.343 e. The van der Waals surface area contributed by atoms with E-state index in [2.05, 4.69) is 0 Å². The number of hydrogen-bond donors (Lipinski definition) is 0. The first kappa shape index (κ1) is 16.5. The van der Waals surface area contributed by atoms with Gasteiger partial charge in [-0.05, 0) is 42.8 Å². The van der Waals surface area contributed by atoms with Gasteiger partial charge in [0.1, 0.15) is 0 Å². The highest BCUT2D eigenvalue weighted by Crippen LogP contribution is 2.29. The van der Waals surface area contributed by atoms with Crippen LogP contribution < -0.4 is 14.4 Å². The van der Waals surface area contributed by atoms with Crippen LogP contribution in [0.5, 0.6) is 11.5 Å². The van der Waals surface area contributed by atoms with E-state index in [4.69, 9.17) is 14.7 Å². The van der Waals surface area contributed by atoms with Crippen molar-refractivity contribution in [2.24, 2.45) is 0 Å². The summed E-state index contributed by atoms with van der Waals surface area (Å²) in [5, 5.41) is 8.90. The number of carbonyl (C=O) groups is 2. The summed E-state index contributed by atoms with van der Waals surface area (Å²) in [4.78, 5) is 25.8. The number of benzene rings is 2. The molecule has 1 aliphatic rings. The number of rotatable bonds is 4. The molecule has 0 aliphatic carbocycles. The van der Waals surface area contributed by atoms with E-state index in [1.807, 2.05) is 6.07 Å². The van der Waals surface area contributed by atoms with Crippen LogP contribution in [0, 0.1) is 11.3 Å². The molecule has 1 amide bonds. The number of hydrogen-bond acceptors (Lipinski definition) is 5. The van der Waals surface area contributed by atoms with Gasteiger partial charge in [0.05, 0.1) is 24.3 Å². The monoisotopic (exact) mass is 336 g/mol. The lowest BCUT2D eigenvalue weighted by atomic mass is 10.2. The second-order valence-electron chi connectivity index (χ2n) is 5.56. The molecule has 0 N–H and O–H groups in total. The van der Waals surface area contributed by atoms with Crippen molar-refractivity contribution in [1.29, 1.82) is 5.26 Å². The first-order valence-corrected chi connectivity index (χ1v) is 7.83. The summed E-state index contributed by atoms with van der Waals surface area (Å²) in [7, 11) is 1.44. The lowest BCUT2D eigenvalue weighted by molar-refractivity contribution is -0.117. The van der Waals surface area contributed by atoms with Gasteiger partial charge in [-0.25, -0.2) is 4.79 Å². The summed E-state index contributed by atoms with van der Waals surface area (Å²) < 4.78 is 10.5. The predicted molar refractivity (Wildman–Crippen MR) is 90.7 cm³/mol. The Hall–Kier alpha value is -3.33. The van der Waals surface area contributed by atoms with Crippen LogP contribution in [0.15, 0.2) is 42.5 Å². The van der Waals surface area contributed by atoms with Crippen LogP contribution in [0.1, 0.15) is 28.8 Å². The third-order valence-electron chi connectivity index (χ3n) is 3.98. The average Bonchev–Trinajstić information content (AvgIpc) is 3.08. The topological polar surface area (TPSA) is 79.6 Å². The molecule has 3 rings (SSSR count). The molecule has 0 atom stereocenters. The standard InChI is InChI=1S/C19H16N2O4/c1-24-17-11-13(12-20)4-9-16(17)25-19(23)14-5-7-15(8-6-14)21-10-2-3-18(21)22/h4-9,11H,2-3,10H2,1H3. The van der Waals surface area contributed by atoms with E-state index < -0.39 is 5.97 Å². The number of ether oxygens (including phenoxy) is 2. The molecule has 1 fully saturated rings. The van der Waals surface area contributed by atoms with Crippen molar-refractivity contribution in [3.8, 4) is 17.6 Å². The molecule has 6 nitrogen and oxygen atoms in total. The highest BCUT2D eigenvalue weighted by atomic mass is 16.6. The van der Waals surface area contributed by atoms with Crippen molar-refractivity contribution in [3.63, 3.8) is 0 Å². The number of methoxy groups -OCH3 is 1. The van der Waals surface area contributed by atoms with Gasteiger partial charge >= 0.3 is 5.97 Å². The fourth-order valence-corrected chi connectivity index (χ4v) is 2.68. The van der Waals surface area contributed by atoms with Crippen LogP contribution >= 0.6 is 0 Å². The second-order valence-corrected chi connectivity index (χ2v) is 5.56. The molecule has 126 valence electrons. The van der Waals surface area contributed by atoms with Crippen LogP contribution in [0.3, 0.4) is 0 Å². The predicted octanol–water partition coefficient (Wildman–Crippen LogP) is 2.91. The van der Waals surface area contributed by atoms with E-state index >= 15 is 0 Å². The van der Waals surface area contributed by atoms with E-state index in [0.29, 0.717) is 29.8 Å². The van der Waals surface area contributed by atoms with Crippen molar-refractivity contribution >= 4 is 17.6 Å². The summed E-state index contributed by atoms with van der Waals surface area (Å²) in [6.45, 7) is 0.699. The molecule has 1 heterocycles. The maximum absolute atomic E-state index is 12.3. The Kier molecular flexibility index (Phi) is 4.66. The number of anilines is 1. The lowest BCUT2D eigenvalue weighted by Crippen LogP contribution is -2.23. The Bertz CT molecular complexity index is 853. The van der Waals surface area contributed by atoms with E-state index in [1.54, 1.807) is 35.2 Å². The van der Waals surface area contributed by atoms with Crippen LogP contribution in [0.4, 0.5) is 5.69 Å². The zero-order valence-electron chi connectivity index (χ0n) is 13.7. The first-order valence-electron chi connectivity index (χ1n) is 7.83. The number of nitrogens with zero attached hydrogens (tertiary/aromatic N) is 2. The molecule has 6 heteroatoms. The van der Waals surface area contributed by atoms with Crippen molar-refractivity contribution in [1.82, 2.24) is 0 Å². The molecule has 2 aromatic carbocycles. The van der Waals surface area contributed by atoms with Gasteiger partial charge < -0.3 is 14.4 Å². The number of nitriles is 1. The SMILES string of the molecule is COc1cc(C#N)ccc1OC(=O)c1ccc(N2CCCC2=O)cc1. The Balaban J connectivity index is 1.75. The molecule has 0 radical (unpaired) electrons. The van der Waals surface area contributed by atoms with E-state index in [0.717, 1.165) is 12.1 Å². The van der Waals surface area contributed by atoms with E-state index in [9.17, 15) is 9.59 Å². The fraction of sp³-hybridized carbons (Fsp3) is 0.211. The Morgan fingerprint density at radius 3 is 2.52 bits per heavy atom. The minimum Gasteiger partial charge on any atom is -0.493 e. The zero-order chi connectivity index (χ0) is 17.8. The van der Waals surface area contributed by atoms with Crippen molar-refractivity contribution in [3.05, 3.63) is 53.6 Å². The molecule has 2 aromatic rings. The Morgan fingerprint density at radius 2 is 1.92 bits per heavy atom. The molecular formula is C19H16N2O4. The second kappa shape index (κ2) is 7.05. The Labute approximate surface area is 145 Å². The molecule has 1 aliphatic heterocycles. The molecule has 0 bridgehead atoms. The van der Waals surface area contributed by atoms with Crippen LogP contribution in [-0.2, 0) is 4.79 Å². The molecular weight excluding hydrogens is 320 g/mol. The third-order valence-corrected chi connectivity index (χ3v) is 3.98. The maximum atomic E-state index is 12.3. The molecule has 0 saturated carbocycles. The lowest BCUT2D eigenvalue weighted by Gasteiger charge is -2.15. The normalized spacial score (nSPS) is 13.4. The quantitative estimate of drug-likeness (QED) is 0.633. The summed E-state index contributed by atoms with van der Waals surface area (Å²) >= 11 is 0. The van der Waals surface area contributed by atoms with Crippen molar-refractivity contribution in [2.75, 3.05) is 18.6 Å². The van der Waals surface area contributed by atoms with Gasteiger partial charge in [0, 0.05) is 24.7 Å². The smallest absolute Gasteiger partial charge is 0.343 e. The summed E-state index contributed by atoms with van der Waals surface area (Å²) in [6.07, 6.45) is 1.41. The Morgan fingerprint density at radius 1 is 1.16 bits per heavy atom. The summed E-state index contributed by atoms with van der Waals surface area (Å²) in [6, 6.07) is 13.3. The van der Waals surface area contributed by atoms with Crippen molar-refractivity contribution in [2.45, 2.75) is 12.8 Å². The number of esters is 1. The largest absolute Gasteiger partial charge is 0.493 e. The number of amides is 1. The third kappa shape index (κ3) is 3.45.